The summed E-state index contributed by atoms with van der Waals surface area (Å²) >= 11 is 4.81. The van der Waals surface area contributed by atoms with Crippen molar-refractivity contribution in [2.75, 3.05) is 5.75 Å². The van der Waals surface area contributed by atoms with Gasteiger partial charge in [0.25, 0.3) is 0 Å². The van der Waals surface area contributed by atoms with Crippen LogP contribution in [0.1, 0.15) is 13.3 Å². The Labute approximate surface area is 103 Å². The van der Waals surface area contributed by atoms with Gasteiger partial charge in [-0.1, -0.05) is 6.92 Å². The molecule has 6 heteroatoms. The number of pyridine rings is 1. The molecule has 0 N–H and O–H groups in total. The maximum absolute atomic E-state index is 11.7. The molecule has 0 unspecified atom stereocenters. The molecule has 0 radical (unpaired) electrons. The molecule has 0 saturated heterocycles. The van der Waals surface area contributed by atoms with E-state index in [2.05, 4.69) is 25.9 Å². The molecule has 0 aliphatic carbocycles. The van der Waals surface area contributed by atoms with E-state index >= 15 is 0 Å². The average Bonchev–Trinajstić information content (AvgIpc) is 2.60. The summed E-state index contributed by atoms with van der Waals surface area (Å²) in [5.74, 6) is 0.668. The van der Waals surface area contributed by atoms with Gasteiger partial charge in [-0.25, -0.2) is 9.97 Å². The van der Waals surface area contributed by atoms with Crippen LogP contribution in [0.5, 0.6) is 0 Å². The van der Waals surface area contributed by atoms with Gasteiger partial charge in [-0.15, -0.1) is 11.3 Å². The molecule has 2 aromatic rings. The molecule has 0 aromatic carbocycles. The molecular formula is C9H9BrN2OS2. The van der Waals surface area contributed by atoms with Crippen LogP contribution in [0.25, 0.3) is 10.3 Å². The summed E-state index contributed by atoms with van der Waals surface area (Å²) in [6.45, 7) is 2.01. The first kappa shape index (κ1) is 11.2. The van der Waals surface area contributed by atoms with Crippen molar-refractivity contribution in [2.45, 2.75) is 17.7 Å². The molecular weight excluding hydrogens is 296 g/mol. The Morgan fingerprint density at radius 1 is 1.60 bits per heavy atom. The molecule has 2 heterocycles. The Kier molecular flexibility index (Phi) is 3.48. The van der Waals surface area contributed by atoms with Crippen molar-refractivity contribution in [3.05, 3.63) is 16.7 Å². The van der Waals surface area contributed by atoms with Gasteiger partial charge >= 0.3 is 0 Å². The second-order valence-corrected chi connectivity index (χ2v) is 6.70. The van der Waals surface area contributed by atoms with Gasteiger partial charge in [-0.3, -0.25) is 4.21 Å². The summed E-state index contributed by atoms with van der Waals surface area (Å²) in [7, 11) is -0.971. The maximum atomic E-state index is 11.7. The molecule has 2 aromatic heterocycles. The highest BCUT2D eigenvalue weighted by molar-refractivity contribution is 9.10. The molecule has 3 nitrogen and oxygen atoms in total. The van der Waals surface area contributed by atoms with E-state index in [0.29, 0.717) is 15.7 Å². The molecule has 2 rings (SSSR count). The fourth-order valence-corrected chi connectivity index (χ4v) is 3.95. The molecule has 0 aliphatic rings. The maximum Gasteiger partial charge on any atom is 0.183 e. The van der Waals surface area contributed by atoms with Crippen molar-refractivity contribution in [1.29, 1.82) is 0 Å². The van der Waals surface area contributed by atoms with Crippen molar-refractivity contribution in [3.63, 3.8) is 0 Å². The van der Waals surface area contributed by atoms with Crippen LogP contribution in [0.15, 0.2) is 21.1 Å². The SMILES string of the molecule is CCC[S@@](=O)c1nc2ncc(Br)cc2s1. The smallest absolute Gasteiger partial charge is 0.183 e. The number of rotatable bonds is 3. The first-order valence-electron chi connectivity index (χ1n) is 4.51. The van der Waals surface area contributed by atoms with E-state index in [9.17, 15) is 4.21 Å². The number of halogens is 1. The number of thiazole rings is 1. The van der Waals surface area contributed by atoms with Gasteiger partial charge in [-0.2, -0.15) is 0 Å². The van der Waals surface area contributed by atoms with Gasteiger partial charge in [0.05, 0.1) is 15.5 Å². The van der Waals surface area contributed by atoms with Gasteiger partial charge in [-0.05, 0) is 28.4 Å². The molecule has 0 bridgehead atoms. The molecule has 80 valence electrons. The third-order valence-electron chi connectivity index (χ3n) is 1.78. The highest BCUT2D eigenvalue weighted by Crippen LogP contribution is 2.25. The van der Waals surface area contributed by atoms with Crippen molar-refractivity contribution in [1.82, 2.24) is 9.97 Å². The lowest BCUT2D eigenvalue weighted by molar-refractivity contribution is 0.681. The minimum absolute atomic E-state index is 0.668. The Hall–Kier alpha value is -0.330. The Balaban J connectivity index is 2.42. The van der Waals surface area contributed by atoms with E-state index in [1.165, 1.54) is 11.3 Å². The fourth-order valence-electron chi connectivity index (χ4n) is 1.15. The summed E-state index contributed by atoms with van der Waals surface area (Å²) in [4.78, 5) is 8.42. The molecule has 0 spiro atoms. The highest BCUT2D eigenvalue weighted by Gasteiger charge is 2.10. The van der Waals surface area contributed by atoms with Gasteiger partial charge in [0.15, 0.2) is 9.99 Å². The first-order chi connectivity index (χ1) is 7.20. The summed E-state index contributed by atoms with van der Waals surface area (Å²) in [6, 6.07) is 1.95. The third kappa shape index (κ3) is 2.43. The molecule has 0 amide bonds. The Bertz CT molecular complexity index is 512. The number of hydrogen-bond acceptors (Lipinski definition) is 4. The standard InChI is InChI=1S/C9H9BrN2OS2/c1-2-3-15(13)9-12-8-7(14-9)4-6(10)5-11-8/h4-5H,2-3H2,1H3/t15-/m1/s1. The van der Waals surface area contributed by atoms with Crippen molar-refractivity contribution in [3.8, 4) is 0 Å². The summed E-state index contributed by atoms with van der Waals surface area (Å²) < 4.78 is 14.3. The monoisotopic (exact) mass is 304 g/mol. The molecule has 0 fully saturated rings. The van der Waals surface area contributed by atoms with E-state index in [1.807, 2.05) is 13.0 Å². The predicted octanol–water partition coefficient (Wildman–Crippen LogP) is 2.97. The highest BCUT2D eigenvalue weighted by atomic mass is 79.9. The molecule has 0 saturated carbocycles. The van der Waals surface area contributed by atoms with Crippen molar-refractivity contribution in [2.24, 2.45) is 0 Å². The van der Waals surface area contributed by atoms with E-state index in [1.54, 1.807) is 6.20 Å². The van der Waals surface area contributed by atoms with Crippen LogP contribution in [0.2, 0.25) is 0 Å². The quantitative estimate of drug-likeness (QED) is 0.875. The number of nitrogens with zero attached hydrogens (tertiary/aromatic N) is 2. The van der Waals surface area contributed by atoms with Crippen LogP contribution < -0.4 is 0 Å². The normalized spacial score (nSPS) is 13.2. The van der Waals surface area contributed by atoms with Gasteiger partial charge < -0.3 is 0 Å². The second-order valence-electron chi connectivity index (χ2n) is 3.00. The van der Waals surface area contributed by atoms with Crippen LogP contribution in [0, 0.1) is 0 Å². The lowest BCUT2D eigenvalue weighted by Crippen LogP contribution is -1.95. The van der Waals surface area contributed by atoms with Crippen LogP contribution >= 0.6 is 27.3 Å². The Morgan fingerprint density at radius 2 is 2.40 bits per heavy atom. The average molecular weight is 305 g/mol. The van der Waals surface area contributed by atoms with Crippen molar-refractivity contribution >= 4 is 48.4 Å². The van der Waals surface area contributed by atoms with E-state index in [4.69, 9.17) is 0 Å². The zero-order valence-electron chi connectivity index (χ0n) is 8.07. The zero-order chi connectivity index (χ0) is 10.8. The van der Waals surface area contributed by atoms with E-state index in [-0.39, 0.29) is 0 Å². The summed E-state index contributed by atoms with van der Waals surface area (Å²) in [5.41, 5.74) is 0.683. The van der Waals surface area contributed by atoms with E-state index in [0.717, 1.165) is 15.6 Å². The topological polar surface area (TPSA) is 42.9 Å². The number of hydrogen-bond donors (Lipinski definition) is 0. The number of fused-ring (bicyclic) bond motifs is 1. The van der Waals surface area contributed by atoms with Crippen LogP contribution in [-0.4, -0.2) is 19.9 Å². The molecule has 15 heavy (non-hydrogen) atoms. The lowest BCUT2D eigenvalue weighted by atomic mass is 10.5. The molecule has 0 aliphatic heterocycles. The summed E-state index contributed by atoms with van der Waals surface area (Å²) in [6.07, 6.45) is 2.61. The van der Waals surface area contributed by atoms with Crippen LogP contribution in [0.3, 0.4) is 0 Å². The molecule has 1 atom stereocenters. The predicted molar refractivity (Wildman–Crippen MR) is 66.7 cm³/mol. The van der Waals surface area contributed by atoms with Gasteiger partial charge in [0, 0.05) is 16.4 Å². The first-order valence-corrected chi connectivity index (χ1v) is 7.44. The van der Waals surface area contributed by atoms with Crippen LogP contribution in [-0.2, 0) is 10.8 Å². The van der Waals surface area contributed by atoms with Crippen molar-refractivity contribution < 1.29 is 4.21 Å². The van der Waals surface area contributed by atoms with E-state index < -0.39 is 10.8 Å². The summed E-state index contributed by atoms with van der Waals surface area (Å²) in [5, 5.41) is 0. The Morgan fingerprint density at radius 3 is 3.13 bits per heavy atom. The second kappa shape index (κ2) is 4.67. The zero-order valence-corrected chi connectivity index (χ0v) is 11.3. The minimum atomic E-state index is -0.971. The largest absolute Gasteiger partial charge is 0.252 e. The minimum Gasteiger partial charge on any atom is -0.252 e. The van der Waals surface area contributed by atoms with Crippen LogP contribution in [0.4, 0.5) is 0 Å². The van der Waals surface area contributed by atoms with Gasteiger partial charge in [0.1, 0.15) is 0 Å². The number of aromatic nitrogens is 2. The lowest BCUT2D eigenvalue weighted by Gasteiger charge is -1.91. The van der Waals surface area contributed by atoms with Gasteiger partial charge in [0.2, 0.25) is 0 Å². The fraction of sp³-hybridized carbons (Fsp3) is 0.333. The third-order valence-corrected chi connectivity index (χ3v) is 5.07.